The van der Waals surface area contributed by atoms with E-state index in [0.29, 0.717) is 5.92 Å². The van der Waals surface area contributed by atoms with Crippen LogP contribution in [0.15, 0.2) is 18.2 Å². The van der Waals surface area contributed by atoms with Crippen molar-refractivity contribution in [2.24, 2.45) is 0 Å². The Morgan fingerprint density at radius 3 is 2.68 bits per heavy atom. The Hall–Kier alpha value is -1.82. The highest BCUT2D eigenvalue weighted by Gasteiger charge is 2.39. The molecule has 1 aromatic heterocycles. The van der Waals surface area contributed by atoms with E-state index in [9.17, 15) is 5.26 Å². The maximum atomic E-state index is 9.43. The number of hydrogen-bond donors (Lipinski definition) is 1. The summed E-state index contributed by atoms with van der Waals surface area (Å²) in [7, 11) is 0. The van der Waals surface area contributed by atoms with Crippen molar-refractivity contribution in [1.82, 2.24) is 9.97 Å². The van der Waals surface area contributed by atoms with Gasteiger partial charge in [-0.3, -0.25) is 0 Å². The number of aromatic nitrogens is 2. The minimum atomic E-state index is -0.226. The number of fused-ring (bicyclic) bond motifs is 1. The normalized spacial score (nSPS) is 21.6. The third kappa shape index (κ3) is 1.53. The van der Waals surface area contributed by atoms with Crippen molar-refractivity contribution in [2.75, 3.05) is 0 Å². The van der Waals surface area contributed by atoms with Crippen LogP contribution in [-0.4, -0.2) is 9.97 Å². The lowest BCUT2D eigenvalue weighted by atomic mass is 9.65. The topological polar surface area (TPSA) is 52.5 Å². The zero-order valence-corrected chi connectivity index (χ0v) is 10.9. The molecule has 3 heteroatoms. The zero-order chi connectivity index (χ0) is 12.9. The van der Waals surface area contributed by atoms with Gasteiger partial charge in [-0.2, -0.15) is 5.26 Å². The van der Waals surface area contributed by atoms with Crippen LogP contribution in [0.25, 0.3) is 11.0 Å². The first-order chi connectivity index (χ1) is 9.31. The fraction of sp³-hybridized carbons (Fsp3) is 0.500. The van der Waals surface area contributed by atoms with Crippen molar-refractivity contribution < 1.29 is 0 Å². The molecular formula is C16H17N3. The van der Waals surface area contributed by atoms with Crippen LogP contribution >= 0.6 is 0 Å². The Labute approximate surface area is 112 Å². The summed E-state index contributed by atoms with van der Waals surface area (Å²) in [6.45, 7) is 0. The molecular weight excluding hydrogens is 234 g/mol. The molecule has 2 aromatic rings. The average molecular weight is 251 g/mol. The molecule has 96 valence electrons. The minimum Gasteiger partial charge on any atom is -0.342 e. The highest BCUT2D eigenvalue weighted by atomic mass is 14.9. The van der Waals surface area contributed by atoms with Gasteiger partial charge in [0.1, 0.15) is 5.82 Å². The molecule has 1 heterocycles. The lowest BCUT2D eigenvalue weighted by Crippen LogP contribution is -2.32. The van der Waals surface area contributed by atoms with Crippen LogP contribution in [0.5, 0.6) is 0 Å². The van der Waals surface area contributed by atoms with Crippen molar-refractivity contribution in [3.63, 3.8) is 0 Å². The van der Waals surface area contributed by atoms with Gasteiger partial charge in [0.25, 0.3) is 0 Å². The summed E-state index contributed by atoms with van der Waals surface area (Å²) >= 11 is 0. The van der Waals surface area contributed by atoms with Gasteiger partial charge in [-0.1, -0.05) is 12.5 Å². The molecule has 2 saturated carbocycles. The van der Waals surface area contributed by atoms with E-state index >= 15 is 0 Å². The summed E-state index contributed by atoms with van der Waals surface area (Å²) in [5, 5.41) is 9.43. The van der Waals surface area contributed by atoms with Gasteiger partial charge >= 0.3 is 0 Å². The van der Waals surface area contributed by atoms with Crippen LogP contribution in [0, 0.1) is 11.3 Å². The molecule has 0 bridgehead atoms. The first-order valence-corrected chi connectivity index (χ1v) is 7.22. The van der Waals surface area contributed by atoms with Gasteiger partial charge in [0.15, 0.2) is 0 Å². The number of nitrogens with one attached hydrogen (secondary N) is 1. The predicted molar refractivity (Wildman–Crippen MR) is 73.8 cm³/mol. The second-order valence-corrected chi connectivity index (χ2v) is 6.03. The van der Waals surface area contributed by atoms with Crippen LogP contribution in [0.3, 0.4) is 0 Å². The van der Waals surface area contributed by atoms with Gasteiger partial charge in [-0.05, 0) is 49.8 Å². The van der Waals surface area contributed by atoms with E-state index in [2.05, 4.69) is 34.2 Å². The molecule has 2 aliphatic rings. The molecule has 1 aromatic carbocycles. The van der Waals surface area contributed by atoms with Gasteiger partial charge in [-0.15, -0.1) is 0 Å². The fourth-order valence-corrected chi connectivity index (χ4v) is 3.20. The number of benzene rings is 1. The SMILES string of the molecule is N#CC1(c2ccc3nc(C4CCC4)[nH]c3c2)CCC1. The third-order valence-electron chi connectivity index (χ3n) is 4.97. The van der Waals surface area contributed by atoms with Crippen molar-refractivity contribution in [2.45, 2.75) is 49.9 Å². The molecule has 19 heavy (non-hydrogen) atoms. The molecule has 0 amide bonds. The van der Waals surface area contributed by atoms with Crippen LogP contribution < -0.4 is 0 Å². The van der Waals surface area contributed by atoms with E-state index in [0.717, 1.165) is 35.3 Å². The summed E-state index contributed by atoms with van der Waals surface area (Å²) in [5.74, 6) is 1.77. The van der Waals surface area contributed by atoms with Crippen molar-refractivity contribution in [1.29, 1.82) is 5.26 Å². The Morgan fingerprint density at radius 2 is 2.11 bits per heavy atom. The smallest absolute Gasteiger partial charge is 0.110 e. The Bertz CT molecular complexity index is 669. The Kier molecular flexibility index (Phi) is 2.23. The van der Waals surface area contributed by atoms with Crippen LogP contribution in [0.1, 0.15) is 55.8 Å². The molecule has 3 nitrogen and oxygen atoms in total. The number of nitriles is 1. The summed E-state index contributed by atoms with van der Waals surface area (Å²) in [4.78, 5) is 8.15. The number of H-pyrrole nitrogens is 1. The third-order valence-corrected chi connectivity index (χ3v) is 4.97. The molecule has 0 atom stereocenters. The fourth-order valence-electron chi connectivity index (χ4n) is 3.20. The Balaban J connectivity index is 1.76. The second-order valence-electron chi connectivity index (χ2n) is 6.03. The standard InChI is InChI=1S/C16H17N3/c17-10-16(7-2-8-16)12-5-6-13-14(9-12)19-15(18-13)11-3-1-4-11/h5-6,9,11H,1-4,7-8H2,(H,18,19). The lowest BCUT2D eigenvalue weighted by molar-refractivity contribution is 0.324. The van der Waals surface area contributed by atoms with Crippen molar-refractivity contribution in [3.05, 3.63) is 29.6 Å². The summed E-state index contributed by atoms with van der Waals surface area (Å²) in [6.07, 6.45) is 7.01. The number of rotatable bonds is 2. The summed E-state index contributed by atoms with van der Waals surface area (Å²) < 4.78 is 0. The largest absolute Gasteiger partial charge is 0.342 e. The monoisotopic (exact) mass is 251 g/mol. The number of aromatic amines is 1. The van der Waals surface area contributed by atoms with Crippen molar-refractivity contribution >= 4 is 11.0 Å². The van der Waals surface area contributed by atoms with E-state index in [1.54, 1.807) is 0 Å². The highest BCUT2D eigenvalue weighted by molar-refractivity contribution is 5.76. The van der Waals surface area contributed by atoms with Crippen LogP contribution in [-0.2, 0) is 5.41 Å². The molecule has 0 aliphatic heterocycles. The van der Waals surface area contributed by atoms with E-state index in [1.807, 2.05) is 0 Å². The van der Waals surface area contributed by atoms with Crippen LogP contribution in [0.2, 0.25) is 0 Å². The van der Waals surface area contributed by atoms with Gasteiger partial charge in [-0.25, -0.2) is 4.98 Å². The number of hydrogen-bond acceptors (Lipinski definition) is 2. The molecule has 4 rings (SSSR count). The Morgan fingerprint density at radius 1 is 1.26 bits per heavy atom. The maximum absolute atomic E-state index is 9.43. The predicted octanol–water partition coefficient (Wildman–Crippen LogP) is 3.78. The van der Waals surface area contributed by atoms with Gasteiger partial charge in [0.05, 0.1) is 22.5 Å². The first kappa shape index (κ1) is 11.0. The highest BCUT2D eigenvalue weighted by Crippen LogP contribution is 2.44. The van der Waals surface area contributed by atoms with Crippen molar-refractivity contribution in [3.8, 4) is 6.07 Å². The molecule has 0 unspecified atom stereocenters. The molecule has 0 saturated heterocycles. The van der Waals surface area contributed by atoms with E-state index in [4.69, 9.17) is 0 Å². The minimum absolute atomic E-state index is 0.226. The molecule has 0 spiro atoms. The molecule has 2 fully saturated rings. The summed E-state index contributed by atoms with van der Waals surface area (Å²) in [6, 6.07) is 8.82. The zero-order valence-electron chi connectivity index (χ0n) is 10.9. The average Bonchev–Trinajstić information content (AvgIpc) is 2.68. The van der Waals surface area contributed by atoms with Crippen LogP contribution in [0.4, 0.5) is 0 Å². The number of nitrogens with zero attached hydrogens (tertiary/aromatic N) is 2. The van der Waals surface area contributed by atoms with Gasteiger partial charge in [0.2, 0.25) is 0 Å². The number of imidazole rings is 1. The van der Waals surface area contributed by atoms with Gasteiger partial charge in [0, 0.05) is 5.92 Å². The van der Waals surface area contributed by atoms with E-state index in [-0.39, 0.29) is 5.41 Å². The quantitative estimate of drug-likeness (QED) is 0.883. The lowest BCUT2D eigenvalue weighted by Gasteiger charge is -2.35. The first-order valence-electron chi connectivity index (χ1n) is 7.22. The van der Waals surface area contributed by atoms with Gasteiger partial charge < -0.3 is 4.98 Å². The molecule has 1 N–H and O–H groups in total. The molecule has 2 aliphatic carbocycles. The second kappa shape index (κ2) is 3.84. The summed E-state index contributed by atoms with van der Waals surface area (Å²) in [5.41, 5.74) is 3.08. The maximum Gasteiger partial charge on any atom is 0.110 e. The van der Waals surface area contributed by atoms with E-state index in [1.165, 1.54) is 25.7 Å². The van der Waals surface area contributed by atoms with E-state index < -0.39 is 0 Å². The molecule has 0 radical (unpaired) electrons.